The molecule has 4 heteroatoms. The van der Waals surface area contributed by atoms with Crippen molar-refractivity contribution >= 4 is 11.6 Å². The summed E-state index contributed by atoms with van der Waals surface area (Å²) in [4.78, 5) is 28.2. The molecular weight excluding hydrogens is 472 g/mol. The van der Waals surface area contributed by atoms with Crippen molar-refractivity contribution in [3.8, 4) is 16.9 Å². The Morgan fingerprint density at radius 2 is 1.32 bits per heavy atom. The molecule has 0 aliphatic heterocycles. The van der Waals surface area contributed by atoms with Crippen LogP contribution in [-0.2, 0) is 10.2 Å². The van der Waals surface area contributed by atoms with Gasteiger partial charge in [-0.1, -0.05) is 97.1 Å². The minimum Gasteiger partial charge on any atom is -0.500 e. The molecule has 1 unspecified atom stereocenters. The van der Waals surface area contributed by atoms with Crippen molar-refractivity contribution in [2.45, 2.75) is 11.8 Å². The van der Waals surface area contributed by atoms with Crippen LogP contribution in [0.2, 0.25) is 0 Å². The number of methoxy groups -OCH3 is 2. The molecule has 0 bridgehead atoms. The molecule has 1 aliphatic carbocycles. The Morgan fingerprint density at radius 3 is 1.95 bits per heavy atom. The summed E-state index contributed by atoms with van der Waals surface area (Å²) in [5, 5.41) is 0. The van der Waals surface area contributed by atoms with E-state index >= 15 is 0 Å². The van der Waals surface area contributed by atoms with Crippen LogP contribution < -0.4 is 4.74 Å². The van der Waals surface area contributed by atoms with E-state index < -0.39 is 5.41 Å². The minimum atomic E-state index is -1.17. The highest BCUT2D eigenvalue weighted by molar-refractivity contribution is 6.13. The van der Waals surface area contributed by atoms with Crippen LogP contribution in [-0.4, -0.2) is 25.8 Å². The molecule has 38 heavy (non-hydrogen) atoms. The van der Waals surface area contributed by atoms with E-state index in [-0.39, 0.29) is 18.0 Å². The van der Waals surface area contributed by atoms with Crippen molar-refractivity contribution in [2.24, 2.45) is 0 Å². The van der Waals surface area contributed by atoms with E-state index in [1.807, 2.05) is 91.0 Å². The fraction of sp³-hybridized carbons (Fsp3) is 0.118. The second-order valence-corrected chi connectivity index (χ2v) is 9.18. The molecule has 0 heterocycles. The highest BCUT2D eigenvalue weighted by atomic mass is 16.5. The third kappa shape index (κ3) is 4.46. The maximum absolute atomic E-state index is 14.2. The molecule has 1 atom stereocenters. The van der Waals surface area contributed by atoms with Gasteiger partial charge in [0.05, 0.1) is 14.2 Å². The Hall–Kier alpha value is -4.70. The molecule has 188 valence electrons. The van der Waals surface area contributed by atoms with Crippen LogP contribution in [0.3, 0.4) is 0 Å². The van der Waals surface area contributed by atoms with E-state index in [1.54, 1.807) is 44.6 Å². The molecule has 0 spiro atoms. The normalized spacial score (nSPS) is 16.7. The van der Waals surface area contributed by atoms with Crippen LogP contribution in [0, 0.1) is 0 Å². The first-order valence-corrected chi connectivity index (χ1v) is 12.5. The molecule has 0 amide bonds. The number of carbonyl (C=O) groups is 2. The molecule has 0 radical (unpaired) electrons. The van der Waals surface area contributed by atoms with E-state index in [0.29, 0.717) is 28.2 Å². The van der Waals surface area contributed by atoms with Gasteiger partial charge in [0.2, 0.25) is 0 Å². The van der Waals surface area contributed by atoms with Crippen LogP contribution in [0.4, 0.5) is 0 Å². The summed E-state index contributed by atoms with van der Waals surface area (Å²) in [5.74, 6) is 0.937. The highest BCUT2D eigenvalue weighted by Crippen LogP contribution is 2.45. The molecule has 0 aromatic heterocycles. The van der Waals surface area contributed by atoms with Gasteiger partial charge in [-0.25, -0.2) is 0 Å². The number of benzene rings is 4. The maximum Gasteiger partial charge on any atom is 0.189 e. The van der Waals surface area contributed by atoms with E-state index in [1.165, 1.54) is 0 Å². The first-order chi connectivity index (χ1) is 18.6. The van der Waals surface area contributed by atoms with E-state index in [0.717, 1.165) is 16.7 Å². The second-order valence-electron chi connectivity index (χ2n) is 9.18. The molecule has 0 saturated heterocycles. The van der Waals surface area contributed by atoms with E-state index in [4.69, 9.17) is 9.47 Å². The molecule has 4 nitrogen and oxygen atoms in total. The Balaban J connectivity index is 1.61. The molecule has 0 N–H and O–H groups in total. The number of ether oxygens (including phenoxy) is 2. The van der Waals surface area contributed by atoms with Crippen LogP contribution in [0.15, 0.2) is 133 Å². The van der Waals surface area contributed by atoms with Gasteiger partial charge in [-0.05, 0) is 35.4 Å². The lowest BCUT2D eigenvalue weighted by Gasteiger charge is -2.37. The van der Waals surface area contributed by atoms with E-state index in [9.17, 15) is 9.59 Å². The van der Waals surface area contributed by atoms with E-state index in [2.05, 4.69) is 0 Å². The summed E-state index contributed by atoms with van der Waals surface area (Å²) in [6.45, 7) is 0. The molecule has 4 aromatic rings. The lowest BCUT2D eigenvalue weighted by molar-refractivity contribution is 0.0843. The summed E-state index contributed by atoms with van der Waals surface area (Å²) in [6.07, 6.45) is 3.70. The summed E-state index contributed by atoms with van der Waals surface area (Å²) in [7, 11) is 3.19. The van der Waals surface area contributed by atoms with Gasteiger partial charge < -0.3 is 9.47 Å². The average Bonchev–Trinajstić information content (AvgIpc) is 3.00. The first-order valence-electron chi connectivity index (χ1n) is 12.5. The largest absolute Gasteiger partial charge is 0.500 e. The summed E-state index contributed by atoms with van der Waals surface area (Å²) >= 11 is 0. The second kappa shape index (κ2) is 10.7. The fourth-order valence-corrected chi connectivity index (χ4v) is 5.15. The lowest BCUT2D eigenvalue weighted by Crippen LogP contribution is -2.41. The third-order valence-corrected chi connectivity index (χ3v) is 7.06. The molecule has 0 saturated carbocycles. The Labute approximate surface area is 222 Å². The average molecular weight is 501 g/mol. The number of Topliss-reactive ketones (excluding diaryl/α,β-unsaturated/α-hetero) is 2. The van der Waals surface area contributed by atoms with Crippen molar-refractivity contribution < 1.29 is 19.1 Å². The molecular formula is C34H28O4. The Kier molecular flexibility index (Phi) is 7.05. The first kappa shape index (κ1) is 25.0. The summed E-state index contributed by atoms with van der Waals surface area (Å²) < 4.78 is 11.4. The van der Waals surface area contributed by atoms with Crippen LogP contribution >= 0.6 is 0 Å². The predicted octanol–water partition coefficient (Wildman–Crippen LogP) is 7.23. The number of hydrogen-bond donors (Lipinski definition) is 0. The Bertz CT molecular complexity index is 1520. The SMILES string of the molecule is COC1=CC=C(C(=O)c2ccc(OC)c(-c3ccccc3)c2)CC1(C(=O)c1ccccc1)c1ccccc1. The lowest BCUT2D eigenvalue weighted by atomic mass is 9.66. The summed E-state index contributed by atoms with van der Waals surface area (Å²) in [6, 6.07) is 34.0. The Morgan fingerprint density at radius 1 is 0.684 bits per heavy atom. The summed E-state index contributed by atoms with van der Waals surface area (Å²) in [5.41, 5.74) is 3.01. The standard InChI is InChI=1S/C34H28O4/c1-37-30-20-18-26(22-29(30)24-12-6-3-7-13-24)32(35)27-19-21-31(38-2)34(23-27,28-16-10-5-11-17-28)33(36)25-14-8-4-9-15-25/h3-22H,23H2,1-2H3. The molecule has 0 fully saturated rings. The molecule has 5 rings (SSSR count). The number of hydrogen-bond acceptors (Lipinski definition) is 4. The van der Waals surface area contributed by atoms with Crippen molar-refractivity contribution in [3.63, 3.8) is 0 Å². The zero-order valence-electron chi connectivity index (χ0n) is 21.4. The van der Waals surface area contributed by atoms with Gasteiger partial charge in [0.15, 0.2) is 11.6 Å². The smallest absolute Gasteiger partial charge is 0.189 e. The van der Waals surface area contributed by atoms with Gasteiger partial charge in [0, 0.05) is 28.7 Å². The quantitative estimate of drug-likeness (QED) is 0.240. The van der Waals surface area contributed by atoms with Gasteiger partial charge in [-0.2, -0.15) is 0 Å². The van der Waals surface area contributed by atoms with Gasteiger partial charge in [-0.3, -0.25) is 9.59 Å². The van der Waals surface area contributed by atoms with Crippen molar-refractivity contribution in [1.29, 1.82) is 0 Å². The van der Waals surface area contributed by atoms with Crippen molar-refractivity contribution in [1.82, 2.24) is 0 Å². The fourth-order valence-electron chi connectivity index (χ4n) is 5.15. The van der Waals surface area contributed by atoms with Gasteiger partial charge >= 0.3 is 0 Å². The van der Waals surface area contributed by atoms with Crippen molar-refractivity contribution in [2.75, 3.05) is 14.2 Å². The van der Waals surface area contributed by atoms with Crippen molar-refractivity contribution in [3.05, 3.63) is 149 Å². The molecule has 1 aliphatic rings. The van der Waals surface area contributed by atoms with Crippen LogP contribution in [0.5, 0.6) is 5.75 Å². The maximum atomic E-state index is 14.2. The zero-order chi connectivity index (χ0) is 26.5. The monoisotopic (exact) mass is 500 g/mol. The minimum absolute atomic E-state index is 0.115. The van der Waals surface area contributed by atoms with Gasteiger partial charge in [0.1, 0.15) is 16.9 Å². The number of rotatable bonds is 8. The highest BCUT2D eigenvalue weighted by Gasteiger charge is 2.48. The topological polar surface area (TPSA) is 52.6 Å². The van der Waals surface area contributed by atoms with Gasteiger partial charge in [-0.15, -0.1) is 0 Å². The van der Waals surface area contributed by atoms with Crippen LogP contribution in [0.1, 0.15) is 32.7 Å². The number of ketones is 2. The number of carbonyl (C=O) groups excluding carboxylic acids is 2. The molecule has 4 aromatic carbocycles. The van der Waals surface area contributed by atoms with Gasteiger partial charge in [0.25, 0.3) is 0 Å². The van der Waals surface area contributed by atoms with Crippen LogP contribution in [0.25, 0.3) is 11.1 Å². The predicted molar refractivity (Wildman–Crippen MR) is 149 cm³/mol. The zero-order valence-corrected chi connectivity index (χ0v) is 21.4. The third-order valence-electron chi connectivity index (χ3n) is 7.06. The number of allylic oxidation sites excluding steroid dienone is 4.